The lowest BCUT2D eigenvalue weighted by atomic mass is 10.2. The second-order valence-electron chi connectivity index (χ2n) is 6.68. The van der Waals surface area contributed by atoms with Crippen molar-refractivity contribution in [2.24, 2.45) is 0 Å². The largest absolute Gasteiger partial charge is 0.343 e. The van der Waals surface area contributed by atoms with Gasteiger partial charge in [-0.1, -0.05) is 53.4 Å². The summed E-state index contributed by atoms with van der Waals surface area (Å²) >= 11 is 0. The number of hydrogen-bond acceptors (Lipinski definition) is 2. The highest BCUT2D eigenvalue weighted by molar-refractivity contribution is 5.83. The number of amides is 2. The standard InChI is InChI=1S/C20H40N2O2/c1-5-9-15-21(16-10-6-2)19(23)13-14-20(24)22(17-11-7-3)18-12-8-4/h5-18H2,1-4H3. The molecule has 2 amide bonds. The molecule has 0 aromatic carbocycles. The Labute approximate surface area is 150 Å². The zero-order valence-electron chi connectivity index (χ0n) is 16.6. The van der Waals surface area contributed by atoms with Crippen molar-refractivity contribution in [2.75, 3.05) is 26.2 Å². The lowest BCUT2D eigenvalue weighted by Gasteiger charge is -2.25. The molecular formula is C20H40N2O2. The van der Waals surface area contributed by atoms with Crippen LogP contribution in [0.5, 0.6) is 0 Å². The summed E-state index contributed by atoms with van der Waals surface area (Å²) in [7, 11) is 0. The smallest absolute Gasteiger partial charge is 0.223 e. The number of rotatable bonds is 15. The quantitative estimate of drug-likeness (QED) is 0.436. The first-order valence-corrected chi connectivity index (χ1v) is 10.2. The van der Waals surface area contributed by atoms with Gasteiger partial charge in [-0.25, -0.2) is 0 Å². The van der Waals surface area contributed by atoms with E-state index in [0.29, 0.717) is 12.8 Å². The van der Waals surface area contributed by atoms with E-state index in [0.717, 1.165) is 77.5 Å². The molecule has 0 unspecified atom stereocenters. The first-order valence-electron chi connectivity index (χ1n) is 10.2. The molecule has 24 heavy (non-hydrogen) atoms. The molecule has 0 radical (unpaired) electrons. The van der Waals surface area contributed by atoms with Gasteiger partial charge in [-0.3, -0.25) is 9.59 Å². The third-order valence-electron chi connectivity index (χ3n) is 4.38. The minimum absolute atomic E-state index is 0.149. The Balaban J connectivity index is 4.43. The summed E-state index contributed by atoms with van der Waals surface area (Å²) in [6.45, 7) is 11.9. The van der Waals surface area contributed by atoms with Crippen LogP contribution in [-0.2, 0) is 9.59 Å². The summed E-state index contributed by atoms with van der Waals surface area (Å²) in [5.74, 6) is 0.298. The van der Waals surface area contributed by atoms with Crippen LogP contribution in [0.2, 0.25) is 0 Å². The maximum Gasteiger partial charge on any atom is 0.223 e. The van der Waals surface area contributed by atoms with Gasteiger partial charge in [-0.2, -0.15) is 0 Å². The lowest BCUT2D eigenvalue weighted by molar-refractivity contribution is -0.137. The molecule has 4 nitrogen and oxygen atoms in total. The van der Waals surface area contributed by atoms with E-state index in [-0.39, 0.29) is 11.8 Å². The van der Waals surface area contributed by atoms with Crippen molar-refractivity contribution >= 4 is 11.8 Å². The molecule has 0 aliphatic carbocycles. The fourth-order valence-corrected chi connectivity index (χ4v) is 2.65. The third kappa shape index (κ3) is 10.7. The summed E-state index contributed by atoms with van der Waals surface area (Å²) in [5.41, 5.74) is 0. The fourth-order valence-electron chi connectivity index (χ4n) is 2.65. The van der Waals surface area contributed by atoms with Crippen molar-refractivity contribution < 1.29 is 9.59 Å². The molecule has 0 aromatic heterocycles. The Morgan fingerprint density at radius 3 is 1.00 bits per heavy atom. The van der Waals surface area contributed by atoms with Gasteiger partial charge in [0.25, 0.3) is 0 Å². The number of unbranched alkanes of at least 4 members (excludes halogenated alkanes) is 4. The average molecular weight is 341 g/mol. The van der Waals surface area contributed by atoms with Gasteiger partial charge in [0, 0.05) is 39.0 Å². The molecule has 0 bridgehead atoms. The fraction of sp³-hybridized carbons (Fsp3) is 0.900. The Morgan fingerprint density at radius 2 is 0.792 bits per heavy atom. The number of nitrogens with zero attached hydrogens (tertiary/aromatic N) is 2. The van der Waals surface area contributed by atoms with Crippen LogP contribution >= 0.6 is 0 Å². The molecule has 0 fully saturated rings. The predicted octanol–water partition coefficient (Wildman–Crippen LogP) is 4.62. The molecular weight excluding hydrogens is 300 g/mol. The number of carbonyl (C=O) groups is 2. The van der Waals surface area contributed by atoms with Crippen LogP contribution in [0.3, 0.4) is 0 Å². The van der Waals surface area contributed by atoms with Gasteiger partial charge in [0.05, 0.1) is 0 Å². The van der Waals surface area contributed by atoms with Gasteiger partial charge in [-0.05, 0) is 25.7 Å². The molecule has 0 atom stereocenters. The van der Waals surface area contributed by atoms with Crippen molar-refractivity contribution in [2.45, 2.75) is 91.9 Å². The molecule has 0 rings (SSSR count). The SMILES string of the molecule is CCCCN(CCCC)C(=O)CCC(=O)N(CCCC)CCCC. The highest BCUT2D eigenvalue weighted by Gasteiger charge is 2.17. The molecule has 0 saturated carbocycles. The van der Waals surface area contributed by atoms with E-state index in [1.54, 1.807) is 0 Å². The van der Waals surface area contributed by atoms with Crippen LogP contribution in [0, 0.1) is 0 Å². The van der Waals surface area contributed by atoms with Gasteiger partial charge >= 0.3 is 0 Å². The van der Waals surface area contributed by atoms with E-state index >= 15 is 0 Å². The van der Waals surface area contributed by atoms with Crippen molar-refractivity contribution in [3.63, 3.8) is 0 Å². The Kier molecular flexibility index (Phi) is 14.8. The lowest BCUT2D eigenvalue weighted by Crippen LogP contribution is -2.36. The molecule has 4 heteroatoms. The van der Waals surface area contributed by atoms with Gasteiger partial charge in [0.15, 0.2) is 0 Å². The van der Waals surface area contributed by atoms with Crippen molar-refractivity contribution in [1.82, 2.24) is 9.80 Å². The van der Waals surface area contributed by atoms with E-state index < -0.39 is 0 Å². The summed E-state index contributed by atoms with van der Waals surface area (Å²) in [6, 6.07) is 0. The van der Waals surface area contributed by atoms with Gasteiger partial charge in [0.1, 0.15) is 0 Å². The van der Waals surface area contributed by atoms with Gasteiger partial charge in [-0.15, -0.1) is 0 Å². The Hall–Kier alpha value is -1.06. The maximum absolute atomic E-state index is 12.5. The second-order valence-corrected chi connectivity index (χ2v) is 6.68. The molecule has 0 aliphatic heterocycles. The predicted molar refractivity (Wildman–Crippen MR) is 102 cm³/mol. The average Bonchev–Trinajstić information content (AvgIpc) is 2.59. The third-order valence-corrected chi connectivity index (χ3v) is 4.38. The first-order chi connectivity index (χ1) is 11.6. The van der Waals surface area contributed by atoms with E-state index in [2.05, 4.69) is 27.7 Å². The zero-order chi connectivity index (χ0) is 18.2. The van der Waals surface area contributed by atoms with Crippen LogP contribution in [-0.4, -0.2) is 47.8 Å². The van der Waals surface area contributed by atoms with Gasteiger partial charge < -0.3 is 9.80 Å². The molecule has 0 aliphatic rings. The van der Waals surface area contributed by atoms with Crippen LogP contribution in [0.4, 0.5) is 0 Å². The maximum atomic E-state index is 12.5. The van der Waals surface area contributed by atoms with Crippen LogP contribution in [0.15, 0.2) is 0 Å². The second kappa shape index (κ2) is 15.5. The van der Waals surface area contributed by atoms with Gasteiger partial charge in [0.2, 0.25) is 11.8 Å². The molecule has 0 heterocycles. The number of hydrogen-bond donors (Lipinski definition) is 0. The summed E-state index contributed by atoms with van der Waals surface area (Å²) < 4.78 is 0. The van der Waals surface area contributed by atoms with E-state index in [4.69, 9.17) is 0 Å². The summed E-state index contributed by atoms with van der Waals surface area (Å²) in [5, 5.41) is 0. The first kappa shape index (κ1) is 22.9. The molecule has 0 aromatic rings. The Morgan fingerprint density at radius 1 is 0.542 bits per heavy atom. The molecule has 142 valence electrons. The van der Waals surface area contributed by atoms with Crippen LogP contribution < -0.4 is 0 Å². The van der Waals surface area contributed by atoms with E-state index in [9.17, 15) is 9.59 Å². The van der Waals surface area contributed by atoms with E-state index in [1.807, 2.05) is 9.80 Å². The molecule has 0 N–H and O–H groups in total. The summed E-state index contributed by atoms with van der Waals surface area (Å²) in [4.78, 5) is 28.9. The van der Waals surface area contributed by atoms with Crippen LogP contribution in [0.1, 0.15) is 91.9 Å². The molecule has 0 spiro atoms. The van der Waals surface area contributed by atoms with E-state index in [1.165, 1.54) is 0 Å². The monoisotopic (exact) mass is 340 g/mol. The summed E-state index contributed by atoms with van der Waals surface area (Å²) in [6.07, 6.45) is 9.28. The van der Waals surface area contributed by atoms with Crippen LogP contribution in [0.25, 0.3) is 0 Å². The zero-order valence-corrected chi connectivity index (χ0v) is 16.6. The minimum atomic E-state index is 0.149. The normalized spacial score (nSPS) is 10.7. The molecule has 0 saturated heterocycles. The highest BCUT2D eigenvalue weighted by atomic mass is 16.2. The van der Waals surface area contributed by atoms with Crippen molar-refractivity contribution in [3.8, 4) is 0 Å². The topological polar surface area (TPSA) is 40.6 Å². The Bertz CT molecular complexity index is 284. The highest BCUT2D eigenvalue weighted by Crippen LogP contribution is 2.08. The van der Waals surface area contributed by atoms with Crippen molar-refractivity contribution in [3.05, 3.63) is 0 Å². The van der Waals surface area contributed by atoms with Crippen molar-refractivity contribution in [1.29, 1.82) is 0 Å². The minimum Gasteiger partial charge on any atom is -0.343 e. The number of carbonyl (C=O) groups excluding carboxylic acids is 2.